The van der Waals surface area contributed by atoms with Crippen LogP contribution >= 0.6 is 0 Å². The number of oxime groups is 1. The molecule has 0 radical (unpaired) electrons. The van der Waals surface area contributed by atoms with Crippen molar-refractivity contribution < 1.29 is 22.8 Å². The van der Waals surface area contributed by atoms with Gasteiger partial charge in [-0.2, -0.15) is 13.2 Å². The van der Waals surface area contributed by atoms with Crippen LogP contribution in [0.1, 0.15) is 25.0 Å². The number of benzene rings is 2. The first-order chi connectivity index (χ1) is 11.8. The lowest BCUT2D eigenvalue weighted by Crippen LogP contribution is -2.26. The van der Waals surface area contributed by atoms with Crippen LogP contribution in [0.5, 0.6) is 0 Å². The predicted octanol–water partition coefficient (Wildman–Crippen LogP) is 4.47. The Kier molecular flexibility index (Phi) is 5.80. The van der Waals surface area contributed by atoms with Crippen molar-refractivity contribution in [2.75, 3.05) is 5.32 Å². The SMILES string of the molecule is C/C(=N\OC(C)C(=O)Nc1cccc(C(F)(F)F)c1)c1ccccc1. The van der Waals surface area contributed by atoms with Gasteiger partial charge in [0.15, 0.2) is 0 Å². The second-order valence-corrected chi connectivity index (χ2v) is 5.36. The monoisotopic (exact) mass is 350 g/mol. The molecule has 1 N–H and O–H groups in total. The fraction of sp³-hybridized carbons (Fsp3) is 0.222. The van der Waals surface area contributed by atoms with Gasteiger partial charge in [-0.25, -0.2) is 0 Å². The largest absolute Gasteiger partial charge is 0.416 e. The van der Waals surface area contributed by atoms with Crippen LogP contribution in [0, 0.1) is 0 Å². The third-order valence-corrected chi connectivity index (χ3v) is 3.37. The molecule has 0 heterocycles. The Hall–Kier alpha value is -2.83. The van der Waals surface area contributed by atoms with Gasteiger partial charge < -0.3 is 10.2 Å². The van der Waals surface area contributed by atoms with Crippen LogP contribution in [0.4, 0.5) is 18.9 Å². The molecule has 0 bridgehead atoms. The number of rotatable bonds is 5. The first-order valence-corrected chi connectivity index (χ1v) is 7.51. The zero-order valence-corrected chi connectivity index (χ0v) is 13.7. The molecule has 7 heteroatoms. The zero-order valence-electron chi connectivity index (χ0n) is 13.7. The number of nitrogens with zero attached hydrogens (tertiary/aromatic N) is 1. The Morgan fingerprint density at radius 1 is 1.12 bits per heavy atom. The first-order valence-electron chi connectivity index (χ1n) is 7.51. The number of hydrogen-bond donors (Lipinski definition) is 1. The van der Waals surface area contributed by atoms with Gasteiger partial charge in [0.2, 0.25) is 6.10 Å². The molecule has 0 spiro atoms. The molecule has 2 aromatic rings. The van der Waals surface area contributed by atoms with E-state index in [2.05, 4.69) is 10.5 Å². The van der Waals surface area contributed by atoms with E-state index in [4.69, 9.17) is 4.84 Å². The van der Waals surface area contributed by atoms with Crippen LogP contribution in [-0.2, 0) is 15.8 Å². The Morgan fingerprint density at radius 3 is 2.44 bits per heavy atom. The van der Waals surface area contributed by atoms with Crippen LogP contribution in [0.3, 0.4) is 0 Å². The van der Waals surface area contributed by atoms with Gasteiger partial charge in [0.05, 0.1) is 11.3 Å². The normalized spacial score (nSPS) is 13.2. The van der Waals surface area contributed by atoms with Crippen LogP contribution in [0.25, 0.3) is 0 Å². The highest BCUT2D eigenvalue weighted by molar-refractivity contribution is 5.98. The van der Waals surface area contributed by atoms with E-state index >= 15 is 0 Å². The molecule has 0 aliphatic heterocycles. The van der Waals surface area contributed by atoms with Gasteiger partial charge in [-0.3, -0.25) is 4.79 Å². The zero-order chi connectivity index (χ0) is 18.4. The van der Waals surface area contributed by atoms with Crippen LogP contribution < -0.4 is 5.32 Å². The number of halogens is 3. The predicted molar refractivity (Wildman–Crippen MR) is 89.3 cm³/mol. The second kappa shape index (κ2) is 7.83. The average Bonchev–Trinajstić information content (AvgIpc) is 2.59. The smallest absolute Gasteiger partial charge is 0.382 e. The van der Waals surface area contributed by atoms with Gasteiger partial charge in [-0.15, -0.1) is 0 Å². The van der Waals surface area contributed by atoms with Crippen molar-refractivity contribution >= 4 is 17.3 Å². The minimum absolute atomic E-state index is 0.0408. The number of alkyl halides is 3. The number of nitrogens with one attached hydrogen (secondary N) is 1. The van der Waals surface area contributed by atoms with E-state index < -0.39 is 23.8 Å². The van der Waals surface area contributed by atoms with Crippen molar-refractivity contribution in [2.45, 2.75) is 26.1 Å². The third kappa shape index (κ3) is 5.34. The van der Waals surface area contributed by atoms with Gasteiger partial charge in [0.25, 0.3) is 5.91 Å². The van der Waals surface area contributed by atoms with Crippen molar-refractivity contribution in [1.82, 2.24) is 0 Å². The lowest BCUT2D eigenvalue weighted by Gasteiger charge is -2.13. The molecular formula is C18H17F3N2O2. The van der Waals surface area contributed by atoms with Crippen LogP contribution in [-0.4, -0.2) is 17.7 Å². The number of carbonyl (C=O) groups is 1. The van der Waals surface area contributed by atoms with Gasteiger partial charge in [0.1, 0.15) is 0 Å². The van der Waals surface area contributed by atoms with Gasteiger partial charge in [0, 0.05) is 5.69 Å². The standard InChI is InChI=1S/C18H17F3N2O2/c1-12(14-7-4-3-5-8-14)23-25-13(2)17(24)22-16-10-6-9-15(11-16)18(19,20)21/h3-11,13H,1-2H3,(H,22,24)/b23-12+. The summed E-state index contributed by atoms with van der Waals surface area (Å²) in [5, 5.41) is 6.27. The molecule has 0 aliphatic rings. The summed E-state index contributed by atoms with van der Waals surface area (Å²) in [6.45, 7) is 3.19. The number of carbonyl (C=O) groups excluding carboxylic acids is 1. The maximum Gasteiger partial charge on any atom is 0.416 e. The molecule has 4 nitrogen and oxygen atoms in total. The summed E-state index contributed by atoms with van der Waals surface area (Å²) in [5.41, 5.74) is 0.628. The Labute approximate surface area is 143 Å². The van der Waals surface area contributed by atoms with Gasteiger partial charge in [-0.1, -0.05) is 41.6 Å². The molecule has 1 amide bonds. The summed E-state index contributed by atoms with van der Waals surface area (Å²) >= 11 is 0. The topological polar surface area (TPSA) is 50.7 Å². The fourth-order valence-corrected chi connectivity index (χ4v) is 1.96. The Balaban J connectivity index is 1.99. The molecular weight excluding hydrogens is 333 g/mol. The van der Waals surface area contributed by atoms with Crippen molar-refractivity contribution in [3.63, 3.8) is 0 Å². The minimum atomic E-state index is -4.47. The molecule has 132 valence electrons. The van der Waals surface area contributed by atoms with Crippen molar-refractivity contribution in [3.05, 3.63) is 65.7 Å². The molecule has 1 atom stereocenters. The summed E-state index contributed by atoms with van der Waals surface area (Å²) in [4.78, 5) is 17.2. The van der Waals surface area contributed by atoms with E-state index in [0.29, 0.717) is 5.71 Å². The van der Waals surface area contributed by atoms with Crippen molar-refractivity contribution in [1.29, 1.82) is 0 Å². The third-order valence-electron chi connectivity index (χ3n) is 3.37. The van der Waals surface area contributed by atoms with E-state index in [1.807, 2.05) is 30.3 Å². The number of anilines is 1. The van der Waals surface area contributed by atoms with Crippen LogP contribution in [0.15, 0.2) is 59.8 Å². The first kappa shape index (κ1) is 18.5. The Bertz CT molecular complexity index is 758. The van der Waals surface area contributed by atoms with Gasteiger partial charge in [-0.05, 0) is 37.6 Å². The molecule has 0 saturated carbocycles. The second-order valence-electron chi connectivity index (χ2n) is 5.36. The number of amides is 1. The molecule has 0 saturated heterocycles. The Morgan fingerprint density at radius 2 is 1.80 bits per heavy atom. The molecule has 2 rings (SSSR count). The highest BCUT2D eigenvalue weighted by Crippen LogP contribution is 2.30. The van der Waals surface area contributed by atoms with E-state index in [-0.39, 0.29) is 5.69 Å². The summed E-state index contributed by atoms with van der Waals surface area (Å²) in [6, 6.07) is 13.6. The quantitative estimate of drug-likeness (QED) is 0.639. The molecule has 25 heavy (non-hydrogen) atoms. The van der Waals surface area contributed by atoms with E-state index in [0.717, 1.165) is 17.7 Å². The summed E-state index contributed by atoms with van der Waals surface area (Å²) in [7, 11) is 0. The van der Waals surface area contributed by atoms with Crippen molar-refractivity contribution in [3.8, 4) is 0 Å². The lowest BCUT2D eigenvalue weighted by atomic mass is 10.1. The maximum absolute atomic E-state index is 12.7. The highest BCUT2D eigenvalue weighted by atomic mass is 19.4. The summed E-state index contributed by atoms with van der Waals surface area (Å²) < 4.78 is 38.0. The van der Waals surface area contributed by atoms with E-state index in [9.17, 15) is 18.0 Å². The molecule has 2 aromatic carbocycles. The lowest BCUT2D eigenvalue weighted by molar-refractivity contribution is -0.137. The molecule has 1 unspecified atom stereocenters. The maximum atomic E-state index is 12.7. The van der Waals surface area contributed by atoms with Gasteiger partial charge >= 0.3 is 6.18 Å². The van der Waals surface area contributed by atoms with Crippen molar-refractivity contribution in [2.24, 2.45) is 5.16 Å². The molecule has 0 fully saturated rings. The highest BCUT2D eigenvalue weighted by Gasteiger charge is 2.30. The number of hydrogen-bond acceptors (Lipinski definition) is 3. The fourth-order valence-electron chi connectivity index (χ4n) is 1.96. The molecule has 0 aromatic heterocycles. The minimum Gasteiger partial charge on any atom is -0.382 e. The molecule has 0 aliphatic carbocycles. The van der Waals surface area contributed by atoms with E-state index in [1.165, 1.54) is 19.1 Å². The summed E-state index contributed by atoms with van der Waals surface area (Å²) in [6.07, 6.45) is -5.44. The van der Waals surface area contributed by atoms with E-state index in [1.54, 1.807) is 6.92 Å². The van der Waals surface area contributed by atoms with Crippen LogP contribution in [0.2, 0.25) is 0 Å². The summed E-state index contributed by atoms with van der Waals surface area (Å²) in [5.74, 6) is -0.594. The average molecular weight is 350 g/mol.